The number of allylic oxidation sites excluding steroid dienone is 1. The minimum atomic E-state index is -0.151. The normalized spacial score (nSPS) is 9.86. The van der Waals surface area contributed by atoms with Crippen molar-refractivity contribution < 1.29 is 4.39 Å². The van der Waals surface area contributed by atoms with Crippen LogP contribution in [0.3, 0.4) is 0 Å². The Hall–Kier alpha value is -1.31. The van der Waals surface area contributed by atoms with Crippen molar-refractivity contribution in [3.63, 3.8) is 0 Å². The Balaban J connectivity index is 2.43. The van der Waals surface area contributed by atoms with Gasteiger partial charge in [0.25, 0.3) is 0 Å². The maximum absolute atomic E-state index is 12.9. The third-order valence-electron chi connectivity index (χ3n) is 2.07. The largest absolute Gasteiger partial charge is 0.385 e. The molecule has 14 heavy (non-hydrogen) atoms. The van der Waals surface area contributed by atoms with E-state index in [0.29, 0.717) is 5.56 Å². The molecule has 0 unspecified atom stereocenters. The van der Waals surface area contributed by atoms with E-state index in [9.17, 15) is 4.39 Å². The van der Waals surface area contributed by atoms with Crippen molar-refractivity contribution in [1.82, 2.24) is 0 Å². The molecule has 0 atom stereocenters. The second-order valence-electron chi connectivity index (χ2n) is 3.32. The first kappa shape index (κ1) is 10.8. The van der Waals surface area contributed by atoms with E-state index in [-0.39, 0.29) is 5.82 Å². The Morgan fingerprint density at radius 2 is 2.29 bits per heavy atom. The molecular formula is C12H16FN. The Kier molecular flexibility index (Phi) is 4.17. The number of unbranched alkanes of at least 4 members (excludes halogenated alkanes) is 1. The maximum Gasteiger partial charge on any atom is 0.126 e. The molecule has 0 spiro atoms. The zero-order valence-electron chi connectivity index (χ0n) is 8.52. The van der Waals surface area contributed by atoms with Gasteiger partial charge in [0.1, 0.15) is 5.82 Å². The van der Waals surface area contributed by atoms with E-state index < -0.39 is 0 Å². The highest BCUT2D eigenvalue weighted by molar-refractivity contribution is 5.45. The minimum Gasteiger partial charge on any atom is -0.385 e. The molecule has 1 rings (SSSR count). The zero-order valence-corrected chi connectivity index (χ0v) is 8.52. The van der Waals surface area contributed by atoms with E-state index in [0.717, 1.165) is 25.1 Å². The summed E-state index contributed by atoms with van der Waals surface area (Å²) in [5, 5.41) is 3.23. The van der Waals surface area contributed by atoms with E-state index >= 15 is 0 Å². The van der Waals surface area contributed by atoms with Crippen molar-refractivity contribution >= 4 is 5.69 Å². The zero-order chi connectivity index (χ0) is 10.4. The molecule has 1 aromatic carbocycles. The standard InChI is InChI=1S/C12H16FN/c1-3-4-5-8-14-11-6-7-12(13)10(2)9-11/h3,6-7,9,14H,1,4-5,8H2,2H3. The quantitative estimate of drug-likeness (QED) is 0.557. The van der Waals surface area contributed by atoms with Gasteiger partial charge in [-0.3, -0.25) is 0 Å². The van der Waals surface area contributed by atoms with E-state index in [4.69, 9.17) is 0 Å². The molecule has 0 bridgehead atoms. The van der Waals surface area contributed by atoms with Crippen molar-refractivity contribution in [1.29, 1.82) is 0 Å². The molecule has 0 aromatic heterocycles. The van der Waals surface area contributed by atoms with Crippen LogP contribution in [-0.4, -0.2) is 6.54 Å². The predicted molar refractivity (Wildman–Crippen MR) is 59.1 cm³/mol. The van der Waals surface area contributed by atoms with Gasteiger partial charge in [-0.1, -0.05) is 6.08 Å². The Labute approximate surface area is 84.6 Å². The van der Waals surface area contributed by atoms with Crippen molar-refractivity contribution in [2.45, 2.75) is 19.8 Å². The first-order chi connectivity index (χ1) is 6.74. The summed E-state index contributed by atoms with van der Waals surface area (Å²) in [6.45, 7) is 6.32. The number of rotatable bonds is 5. The van der Waals surface area contributed by atoms with Crippen LogP contribution in [0.25, 0.3) is 0 Å². The summed E-state index contributed by atoms with van der Waals surface area (Å²) in [5.74, 6) is -0.151. The van der Waals surface area contributed by atoms with Crippen LogP contribution in [0.1, 0.15) is 18.4 Å². The Bertz CT molecular complexity index is 307. The molecule has 2 heteroatoms. The average Bonchev–Trinajstić information content (AvgIpc) is 2.18. The highest BCUT2D eigenvalue weighted by Gasteiger charge is 1.97. The van der Waals surface area contributed by atoms with Gasteiger partial charge in [-0.05, 0) is 43.5 Å². The van der Waals surface area contributed by atoms with Gasteiger partial charge in [0.05, 0.1) is 0 Å². The number of anilines is 1. The summed E-state index contributed by atoms with van der Waals surface area (Å²) in [5.41, 5.74) is 1.66. The van der Waals surface area contributed by atoms with Crippen LogP contribution in [-0.2, 0) is 0 Å². The maximum atomic E-state index is 12.9. The summed E-state index contributed by atoms with van der Waals surface area (Å²) in [4.78, 5) is 0. The molecule has 1 N–H and O–H groups in total. The number of hydrogen-bond donors (Lipinski definition) is 1. The first-order valence-corrected chi connectivity index (χ1v) is 4.85. The van der Waals surface area contributed by atoms with Gasteiger partial charge in [-0.15, -0.1) is 6.58 Å². The molecule has 0 saturated carbocycles. The van der Waals surface area contributed by atoms with Gasteiger partial charge in [-0.2, -0.15) is 0 Å². The van der Waals surface area contributed by atoms with Crippen molar-refractivity contribution in [3.05, 3.63) is 42.2 Å². The molecular weight excluding hydrogens is 177 g/mol. The van der Waals surface area contributed by atoms with Gasteiger partial charge in [0.2, 0.25) is 0 Å². The molecule has 0 amide bonds. The minimum absolute atomic E-state index is 0.151. The van der Waals surface area contributed by atoms with Crippen LogP contribution in [0, 0.1) is 12.7 Å². The van der Waals surface area contributed by atoms with Crippen LogP contribution < -0.4 is 5.32 Å². The third-order valence-corrected chi connectivity index (χ3v) is 2.07. The van der Waals surface area contributed by atoms with Crippen molar-refractivity contribution in [3.8, 4) is 0 Å². The lowest BCUT2D eigenvalue weighted by molar-refractivity contribution is 0.618. The van der Waals surface area contributed by atoms with E-state index in [1.54, 1.807) is 13.0 Å². The summed E-state index contributed by atoms with van der Waals surface area (Å²) in [7, 11) is 0. The van der Waals surface area contributed by atoms with Crippen LogP contribution in [0.5, 0.6) is 0 Å². The molecule has 0 aliphatic rings. The van der Waals surface area contributed by atoms with Gasteiger partial charge < -0.3 is 5.32 Å². The Morgan fingerprint density at radius 1 is 1.50 bits per heavy atom. The molecule has 0 radical (unpaired) electrons. The van der Waals surface area contributed by atoms with Gasteiger partial charge in [0, 0.05) is 12.2 Å². The molecule has 1 aromatic rings. The van der Waals surface area contributed by atoms with E-state index in [1.165, 1.54) is 6.07 Å². The number of nitrogens with one attached hydrogen (secondary N) is 1. The van der Waals surface area contributed by atoms with Crippen molar-refractivity contribution in [2.24, 2.45) is 0 Å². The topological polar surface area (TPSA) is 12.0 Å². The molecule has 76 valence electrons. The second-order valence-corrected chi connectivity index (χ2v) is 3.32. The molecule has 0 fully saturated rings. The molecule has 0 aliphatic carbocycles. The van der Waals surface area contributed by atoms with E-state index in [2.05, 4.69) is 11.9 Å². The fourth-order valence-corrected chi connectivity index (χ4v) is 1.23. The highest BCUT2D eigenvalue weighted by atomic mass is 19.1. The highest BCUT2D eigenvalue weighted by Crippen LogP contribution is 2.13. The summed E-state index contributed by atoms with van der Waals surface area (Å²) in [6.07, 6.45) is 3.96. The summed E-state index contributed by atoms with van der Waals surface area (Å²) >= 11 is 0. The first-order valence-electron chi connectivity index (χ1n) is 4.85. The van der Waals surface area contributed by atoms with Crippen LogP contribution >= 0.6 is 0 Å². The van der Waals surface area contributed by atoms with Crippen LogP contribution in [0.2, 0.25) is 0 Å². The van der Waals surface area contributed by atoms with Crippen LogP contribution in [0.4, 0.5) is 10.1 Å². The fraction of sp³-hybridized carbons (Fsp3) is 0.333. The molecule has 1 nitrogen and oxygen atoms in total. The molecule has 0 heterocycles. The lowest BCUT2D eigenvalue weighted by atomic mass is 10.2. The van der Waals surface area contributed by atoms with Gasteiger partial charge >= 0.3 is 0 Å². The SMILES string of the molecule is C=CCCCNc1ccc(F)c(C)c1. The number of hydrogen-bond acceptors (Lipinski definition) is 1. The number of aryl methyl sites for hydroxylation is 1. The lowest BCUT2D eigenvalue weighted by Crippen LogP contribution is -2.01. The van der Waals surface area contributed by atoms with Gasteiger partial charge in [-0.25, -0.2) is 4.39 Å². The molecule has 0 saturated heterocycles. The summed E-state index contributed by atoms with van der Waals surface area (Å²) < 4.78 is 12.9. The molecule has 0 aliphatic heterocycles. The predicted octanol–water partition coefficient (Wildman–Crippen LogP) is 3.51. The third kappa shape index (κ3) is 3.21. The van der Waals surface area contributed by atoms with Gasteiger partial charge in [0.15, 0.2) is 0 Å². The smallest absolute Gasteiger partial charge is 0.126 e. The summed E-state index contributed by atoms with van der Waals surface area (Å²) in [6, 6.07) is 5.07. The number of halogens is 1. The lowest BCUT2D eigenvalue weighted by Gasteiger charge is -2.06. The van der Waals surface area contributed by atoms with Crippen LogP contribution in [0.15, 0.2) is 30.9 Å². The fourth-order valence-electron chi connectivity index (χ4n) is 1.23. The van der Waals surface area contributed by atoms with Crippen molar-refractivity contribution in [2.75, 3.05) is 11.9 Å². The number of benzene rings is 1. The van der Waals surface area contributed by atoms with E-state index in [1.807, 2.05) is 12.1 Å². The second kappa shape index (κ2) is 5.43. The Morgan fingerprint density at radius 3 is 2.93 bits per heavy atom. The average molecular weight is 193 g/mol. The monoisotopic (exact) mass is 193 g/mol.